The molecule has 1 fully saturated rings. The fourth-order valence-corrected chi connectivity index (χ4v) is 2.59. The van der Waals surface area contributed by atoms with Crippen LogP contribution in [0.2, 0.25) is 0 Å². The van der Waals surface area contributed by atoms with Crippen LogP contribution in [0.5, 0.6) is 0 Å². The summed E-state index contributed by atoms with van der Waals surface area (Å²) in [5.74, 6) is -1.62. The zero-order valence-corrected chi connectivity index (χ0v) is 12.4. The van der Waals surface area contributed by atoms with Gasteiger partial charge in [0.25, 0.3) is 5.91 Å². The highest BCUT2D eigenvalue weighted by molar-refractivity contribution is 5.92. The van der Waals surface area contributed by atoms with Gasteiger partial charge in [0.15, 0.2) is 0 Å². The predicted molar refractivity (Wildman–Crippen MR) is 81.4 cm³/mol. The molecule has 1 saturated carbocycles. The van der Waals surface area contributed by atoms with Gasteiger partial charge in [-0.05, 0) is 31.0 Å². The molecule has 2 N–H and O–H groups in total. The summed E-state index contributed by atoms with van der Waals surface area (Å²) in [6.07, 6.45) is 5.60. The van der Waals surface area contributed by atoms with Gasteiger partial charge < -0.3 is 10.6 Å². The van der Waals surface area contributed by atoms with Crippen molar-refractivity contribution in [3.05, 3.63) is 47.8 Å². The van der Waals surface area contributed by atoms with E-state index in [2.05, 4.69) is 20.6 Å². The summed E-state index contributed by atoms with van der Waals surface area (Å²) in [6, 6.07) is 4.82. The Labute approximate surface area is 132 Å². The van der Waals surface area contributed by atoms with Crippen molar-refractivity contribution in [3.63, 3.8) is 0 Å². The maximum Gasteiger partial charge on any atom is 0.270 e. The molecular weight excluding hydrogens is 302 g/mol. The molecule has 1 aromatic heterocycles. The summed E-state index contributed by atoms with van der Waals surface area (Å²) >= 11 is 0. The lowest BCUT2D eigenvalue weighted by Gasteiger charge is -2.12. The summed E-state index contributed by atoms with van der Waals surface area (Å²) in [5.41, 5.74) is 0.247. The van der Waals surface area contributed by atoms with Crippen LogP contribution in [0.25, 0.3) is 0 Å². The van der Waals surface area contributed by atoms with Gasteiger partial charge in [0.2, 0.25) is 5.95 Å². The van der Waals surface area contributed by atoms with Crippen LogP contribution in [0.3, 0.4) is 0 Å². The average molecular weight is 318 g/mol. The fraction of sp³-hybridized carbons (Fsp3) is 0.312. The SMILES string of the molecule is O=C(NC1CCCC1)c1ccnc(Nc2ccc(F)cc2F)n1. The molecule has 1 aliphatic carbocycles. The second kappa shape index (κ2) is 6.68. The highest BCUT2D eigenvalue weighted by atomic mass is 19.1. The third-order valence-electron chi connectivity index (χ3n) is 3.76. The summed E-state index contributed by atoms with van der Waals surface area (Å²) in [7, 11) is 0. The molecule has 1 heterocycles. The van der Waals surface area contributed by atoms with Crippen LogP contribution >= 0.6 is 0 Å². The van der Waals surface area contributed by atoms with Gasteiger partial charge in [-0.1, -0.05) is 12.8 Å². The zero-order chi connectivity index (χ0) is 16.2. The van der Waals surface area contributed by atoms with E-state index in [1.807, 2.05) is 0 Å². The van der Waals surface area contributed by atoms with Crippen molar-refractivity contribution in [3.8, 4) is 0 Å². The first-order chi connectivity index (χ1) is 11.1. The monoisotopic (exact) mass is 318 g/mol. The lowest BCUT2D eigenvalue weighted by Crippen LogP contribution is -2.33. The number of hydrogen-bond donors (Lipinski definition) is 2. The molecule has 0 bridgehead atoms. The Bertz CT molecular complexity index is 717. The maximum absolute atomic E-state index is 13.6. The third-order valence-corrected chi connectivity index (χ3v) is 3.76. The molecule has 2 aromatic rings. The second-order valence-electron chi connectivity index (χ2n) is 5.47. The Hall–Kier alpha value is -2.57. The molecule has 0 spiro atoms. The molecule has 5 nitrogen and oxygen atoms in total. The van der Waals surface area contributed by atoms with Crippen LogP contribution in [0, 0.1) is 11.6 Å². The minimum Gasteiger partial charge on any atom is -0.348 e. The van der Waals surface area contributed by atoms with Crippen LogP contribution in [0.15, 0.2) is 30.5 Å². The minimum atomic E-state index is -0.755. The standard InChI is InChI=1S/C16H16F2N4O/c17-10-5-6-13(12(18)9-10)21-16-19-8-7-14(22-16)15(23)20-11-3-1-2-4-11/h5-9,11H,1-4H2,(H,20,23)(H,19,21,22). The first-order valence-corrected chi connectivity index (χ1v) is 7.48. The summed E-state index contributed by atoms with van der Waals surface area (Å²) in [5, 5.41) is 5.57. The average Bonchev–Trinajstić information content (AvgIpc) is 3.03. The Kier molecular flexibility index (Phi) is 4.45. The quantitative estimate of drug-likeness (QED) is 0.908. The topological polar surface area (TPSA) is 66.9 Å². The first-order valence-electron chi connectivity index (χ1n) is 7.48. The lowest BCUT2D eigenvalue weighted by molar-refractivity contribution is 0.0933. The molecule has 1 amide bonds. The molecule has 1 aromatic carbocycles. The molecule has 0 aliphatic heterocycles. The van der Waals surface area contributed by atoms with Crippen LogP contribution in [0.1, 0.15) is 36.2 Å². The fourth-order valence-electron chi connectivity index (χ4n) is 2.59. The van der Waals surface area contributed by atoms with Crippen LogP contribution in [-0.4, -0.2) is 21.9 Å². The number of carbonyl (C=O) groups excluding carboxylic acids is 1. The molecule has 0 atom stereocenters. The number of carbonyl (C=O) groups is 1. The van der Waals surface area contributed by atoms with E-state index in [4.69, 9.17) is 0 Å². The Balaban J connectivity index is 1.72. The van der Waals surface area contributed by atoms with Crippen molar-refractivity contribution in [1.82, 2.24) is 15.3 Å². The Morgan fingerprint density at radius 2 is 1.96 bits per heavy atom. The maximum atomic E-state index is 13.6. The molecule has 0 radical (unpaired) electrons. The van der Waals surface area contributed by atoms with E-state index in [9.17, 15) is 13.6 Å². The summed E-state index contributed by atoms with van der Waals surface area (Å²) < 4.78 is 26.5. The number of anilines is 2. The molecule has 0 saturated heterocycles. The highest BCUT2D eigenvalue weighted by Crippen LogP contribution is 2.19. The Morgan fingerprint density at radius 3 is 2.70 bits per heavy atom. The normalized spacial score (nSPS) is 14.7. The van der Waals surface area contributed by atoms with Gasteiger partial charge in [-0.25, -0.2) is 18.7 Å². The number of halogens is 2. The van der Waals surface area contributed by atoms with Gasteiger partial charge >= 0.3 is 0 Å². The van der Waals surface area contributed by atoms with Crippen LogP contribution in [0.4, 0.5) is 20.4 Å². The number of nitrogens with one attached hydrogen (secondary N) is 2. The third kappa shape index (κ3) is 3.80. The van der Waals surface area contributed by atoms with Gasteiger partial charge in [0.05, 0.1) is 5.69 Å². The number of aromatic nitrogens is 2. The van der Waals surface area contributed by atoms with E-state index >= 15 is 0 Å². The van der Waals surface area contributed by atoms with Crippen molar-refractivity contribution in [2.24, 2.45) is 0 Å². The summed E-state index contributed by atoms with van der Waals surface area (Å²) in [4.78, 5) is 20.2. The van der Waals surface area contributed by atoms with E-state index < -0.39 is 11.6 Å². The number of rotatable bonds is 4. The molecule has 23 heavy (non-hydrogen) atoms. The molecule has 7 heteroatoms. The number of benzene rings is 1. The lowest BCUT2D eigenvalue weighted by atomic mass is 10.2. The van der Waals surface area contributed by atoms with Crippen molar-refractivity contribution in [1.29, 1.82) is 0 Å². The van der Waals surface area contributed by atoms with Crippen molar-refractivity contribution < 1.29 is 13.6 Å². The van der Waals surface area contributed by atoms with Crippen molar-refractivity contribution in [2.75, 3.05) is 5.32 Å². The van der Waals surface area contributed by atoms with Gasteiger partial charge in [-0.3, -0.25) is 4.79 Å². The molecular formula is C16H16F2N4O. The molecule has 120 valence electrons. The molecule has 1 aliphatic rings. The number of hydrogen-bond acceptors (Lipinski definition) is 4. The largest absolute Gasteiger partial charge is 0.348 e. The van der Waals surface area contributed by atoms with E-state index in [-0.39, 0.29) is 29.3 Å². The van der Waals surface area contributed by atoms with E-state index in [0.717, 1.165) is 37.8 Å². The highest BCUT2D eigenvalue weighted by Gasteiger charge is 2.19. The van der Waals surface area contributed by atoms with Crippen LogP contribution < -0.4 is 10.6 Å². The van der Waals surface area contributed by atoms with Crippen molar-refractivity contribution in [2.45, 2.75) is 31.7 Å². The molecule has 3 rings (SSSR count). The van der Waals surface area contributed by atoms with Gasteiger partial charge in [0, 0.05) is 18.3 Å². The van der Waals surface area contributed by atoms with E-state index in [1.54, 1.807) is 0 Å². The van der Waals surface area contributed by atoms with Crippen molar-refractivity contribution >= 4 is 17.5 Å². The van der Waals surface area contributed by atoms with Crippen LogP contribution in [-0.2, 0) is 0 Å². The predicted octanol–water partition coefficient (Wildman–Crippen LogP) is 3.17. The molecule has 0 unspecified atom stereocenters. The summed E-state index contributed by atoms with van der Waals surface area (Å²) in [6.45, 7) is 0. The zero-order valence-electron chi connectivity index (χ0n) is 12.4. The second-order valence-corrected chi connectivity index (χ2v) is 5.47. The smallest absolute Gasteiger partial charge is 0.270 e. The Morgan fingerprint density at radius 1 is 1.17 bits per heavy atom. The minimum absolute atomic E-state index is 0.0414. The van der Waals surface area contributed by atoms with Gasteiger partial charge in [0.1, 0.15) is 17.3 Å². The number of nitrogens with zero attached hydrogens (tertiary/aromatic N) is 2. The number of amides is 1. The van der Waals surface area contributed by atoms with E-state index in [0.29, 0.717) is 0 Å². The first kappa shape index (κ1) is 15.3. The van der Waals surface area contributed by atoms with Gasteiger partial charge in [-0.15, -0.1) is 0 Å². The van der Waals surface area contributed by atoms with Gasteiger partial charge in [-0.2, -0.15) is 0 Å². The van der Waals surface area contributed by atoms with E-state index in [1.165, 1.54) is 18.3 Å².